The molecule has 1 aromatic heterocycles. The number of benzene rings is 1. The van der Waals surface area contributed by atoms with Crippen LogP contribution in [0, 0.1) is 5.92 Å². The van der Waals surface area contributed by atoms with Gasteiger partial charge in [0.2, 0.25) is 0 Å². The number of carbonyl (C=O) groups is 1. The highest BCUT2D eigenvalue weighted by Gasteiger charge is 2.14. The maximum atomic E-state index is 11.9. The zero-order valence-corrected chi connectivity index (χ0v) is 12.7. The minimum absolute atomic E-state index is 0.184. The maximum absolute atomic E-state index is 11.9. The Morgan fingerprint density at radius 3 is 2.73 bits per heavy atom. The van der Waals surface area contributed by atoms with Gasteiger partial charge in [-0.05, 0) is 24.5 Å². The van der Waals surface area contributed by atoms with Crippen LogP contribution in [0.1, 0.15) is 32.1 Å². The highest BCUT2D eigenvalue weighted by atomic mass is 16.2. The van der Waals surface area contributed by atoms with Crippen LogP contribution in [0.3, 0.4) is 0 Å². The van der Waals surface area contributed by atoms with Gasteiger partial charge < -0.3 is 5.32 Å². The Hall–Kier alpha value is -2.30. The molecule has 0 saturated heterocycles. The van der Waals surface area contributed by atoms with Crippen LogP contribution in [0.5, 0.6) is 0 Å². The maximum Gasteiger partial charge on any atom is 0.320 e. The molecule has 1 heterocycles. The second-order valence-electron chi connectivity index (χ2n) is 5.80. The first kappa shape index (κ1) is 14.6. The summed E-state index contributed by atoms with van der Waals surface area (Å²) in [5, 5.41) is 10.0. The first-order chi connectivity index (χ1) is 10.8. The fourth-order valence-corrected chi connectivity index (χ4v) is 2.96. The first-order valence-corrected chi connectivity index (χ1v) is 7.97. The molecule has 2 aromatic rings. The van der Waals surface area contributed by atoms with Crippen LogP contribution in [-0.4, -0.2) is 22.4 Å². The molecule has 5 nitrogen and oxygen atoms in total. The fraction of sp³-hybridized carbons (Fsp3) is 0.412. The molecule has 0 bridgehead atoms. The van der Waals surface area contributed by atoms with E-state index >= 15 is 0 Å². The van der Waals surface area contributed by atoms with Crippen LogP contribution >= 0.6 is 0 Å². The van der Waals surface area contributed by atoms with Crippen molar-refractivity contribution in [2.24, 2.45) is 5.92 Å². The number of aromatic nitrogens is 2. The van der Waals surface area contributed by atoms with Gasteiger partial charge in [0.1, 0.15) is 0 Å². The zero-order chi connectivity index (χ0) is 15.2. The van der Waals surface area contributed by atoms with E-state index in [-0.39, 0.29) is 6.03 Å². The minimum atomic E-state index is -0.184. The van der Waals surface area contributed by atoms with Crippen molar-refractivity contribution in [1.82, 2.24) is 15.1 Å². The average molecular weight is 298 g/mol. The topological polar surface area (TPSA) is 59.0 Å². The molecule has 0 aliphatic heterocycles. The highest BCUT2D eigenvalue weighted by molar-refractivity contribution is 5.88. The number of para-hydroxylation sites is 1. The van der Waals surface area contributed by atoms with E-state index in [1.54, 1.807) is 10.7 Å². The Labute approximate surface area is 130 Å². The summed E-state index contributed by atoms with van der Waals surface area (Å²) in [6.07, 6.45) is 8.21. The molecule has 1 saturated carbocycles. The predicted octanol–water partition coefficient (Wildman–Crippen LogP) is 3.57. The van der Waals surface area contributed by atoms with Gasteiger partial charge in [-0.15, -0.1) is 5.10 Å². The first-order valence-electron chi connectivity index (χ1n) is 7.97. The normalized spacial score (nSPS) is 14.9. The van der Waals surface area contributed by atoms with E-state index in [1.807, 2.05) is 36.5 Å². The Kier molecular flexibility index (Phi) is 4.73. The number of hydrogen-bond acceptors (Lipinski definition) is 2. The summed E-state index contributed by atoms with van der Waals surface area (Å²) < 4.78 is 1.74. The molecule has 0 radical (unpaired) electrons. The number of nitrogens with one attached hydrogen (secondary N) is 2. The van der Waals surface area contributed by atoms with Gasteiger partial charge in [0.05, 0.1) is 5.69 Å². The van der Waals surface area contributed by atoms with Crippen molar-refractivity contribution in [3.05, 3.63) is 42.6 Å². The smallest absolute Gasteiger partial charge is 0.320 e. The van der Waals surface area contributed by atoms with Gasteiger partial charge in [0.25, 0.3) is 0 Å². The van der Waals surface area contributed by atoms with E-state index in [9.17, 15) is 4.79 Å². The molecular formula is C17H22N4O. The second kappa shape index (κ2) is 7.11. The van der Waals surface area contributed by atoms with Crippen molar-refractivity contribution in [2.45, 2.75) is 32.1 Å². The summed E-state index contributed by atoms with van der Waals surface area (Å²) in [4.78, 5) is 11.9. The van der Waals surface area contributed by atoms with Crippen molar-refractivity contribution >= 4 is 11.8 Å². The molecule has 1 fully saturated rings. The van der Waals surface area contributed by atoms with E-state index in [1.165, 1.54) is 25.7 Å². The van der Waals surface area contributed by atoms with Gasteiger partial charge in [-0.25, -0.2) is 9.48 Å². The third kappa shape index (κ3) is 3.87. The Bertz CT molecular complexity index is 602. The van der Waals surface area contributed by atoms with E-state index in [0.717, 1.165) is 24.6 Å². The average Bonchev–Trinajstić information content (AvgIpc) is 3.20. The molecule has 0 unspecified atom stereocenters. The zero-order valence-electron chi connectivity index (χ0n) is 12.7. The van der Waals surface area contributed by atoms with Crippen LogP contribution in [0.15, 0.2) is 42.6 Å². The number of urea groups is 1. The van der Waals surface area contributed by atoms with Crippen molar-refractivity contribution < 1.29 is 4.79 Å². The van der Waals surface area contributed by atoms with E-state index < -0.39 is 0 Å². The molecule has 116 valence electrons. The fourth-order valence-electron chi connectivity index (χ4n) is 2.96. The summed E-state index contributed by atoms with van der Waals surface area (Å²) in [5.41, 5.74) is 0.970. The Balaban J connectivity index is 1.46. The SMILES string of the molecule is O=C(NCCC1CCCC1)Nc1ccn(-c2ccccc2)n1. The van der Waals surface area contributed by atoms with E-state index in [2.05, 4.69) is 15.7 Å². The molecule has 1 aromatic carbocycles. The molecule has 2 amide bonds. The molecule has 5 heteroatoms. The van der Waals surface area contributed by atoms with Crippen molar-refractivity contribution in [1.29, 1.82) is 0 Å². The number of amides is 2. The number of anilines is 1. The lowest BCUT2D eigenvalue weighted by Gasteiger charge is -2.09. The molecule has 0 atom stereocenters. The number of rotatable bonds is 5. The lowest BCUT2D eigenvalue weighted by atomic mass is 10.0. The van der Waals surface area contributed by atoms with Gasteiger partial charge in [-0.1, -0.05) is 43.9 Å². The van der Waals surface area contributed by atoms with Crippen LogP contribution < -0.4 is 10.6 Å². The standard InChI is InChI=1S/C17H22N4O/c22-17(18-12-10-14-6-4-5-7-14)19-16-11-13-21(20-16)15-8-2-1-3-9-15/h1-3,8-9,11,13-14H,4-7,10,12H2,(H2,18,19,20,22). The molecule has 0 spiro atoms. The summed E-state index contributed by atoms with van der Waals surface area (Å²) >= 11 is 0. The lowest BCUT2D eigenvalue weighted by Crippen LogP contribution is -2.30. The van der Waals surface area contributed by atoms with E-state index in [0.29, 0.717) is 5.82 Å². The molecule has 1 aliphatic carbocycles. The summed E-state index contributed by atoms with van der Waals surface area (Å²) in [6.45, 7) is 0.732. The second-order valence-corrected chi connectivity index (χ2v) is 5.80. The summed E-state index contributed by atoms with van der Waals surface area (Å²) in [6, 6.07) is 11.4. The van der Waals surface area contributed by atoms with Gasteiger partial charge in [0.15, 0.2) is 5.82 Å². The number of hydrogen-bond donors (Lipinski definition) is 2. The molecule has 1 aliphatic rings. The Morgan fingerprint density at radius 1 is 1.18 bits per heavy atom. The number of nitrogens with zero attached hydrogens (tertiary/aromatic N) is 2. The summed E-state index contributed by atoms with van der Waals surface area (Å²) in [5.74, 6) is 1.35. The van der Waals surface area contributed by atoms with E-state index in [4.69, 9.17) is 0 Å². The van der Waals surface area contributed by atoms with Crippen molar-refractivity contribution in [2.75, 3.05) is 11.9 Å². The Morgan fingerprint density at radius 2 is 1.95 bits per heavy atom. The van der Waals surface area contributed by atoms with Crippen molar-refractivity contribution in [3.8, 4) is 5.69 Å². The monoisotopic (exact) mass is 298 g/mol. The van der Waals surface area contributed by atoms with Gasteiger partial charge in [-0.3, -0.25) is 5.32 Å². The van der Waals surface area contributed by atoms with Crippen LogP contribution in [0.25, 0.3) is 5.69 Å². The molecule has 3 rings (SSSR count). The minimum Gasteiger partial charge on any atom is -0.338 e. The molecule has 2 N–H and O–H groups in total. The van der Waals surface area contributed by atoms with Crippen LogP contribution in [0.2, 0.25) is 0 Å². The van der Waals surface area contributed by atoms with Crippen LogP contribution in [0.4, 0.5) is 10.6 Å². The third-order valence-electron chi connectivity index (χ3n) is 4.16. The quantitative estimate of drug-likeness (QED) is 0.886. The number of carbonyl (C=O) groups excluding carboxylic acids is 1. The highest BCUT2D eigenvalue weighted by Crippen LogP contribution is 2.26. The largest absolute Gasteiger partial charge is 0.338 e. The predicted molar refractivity (Wildman–Crippen MR) is 87.2 cm³/mol. The van der Waals surface area contributed by atoms with Gasteiger partial charge in [0, 0.05) is 18.8 Å². The van der Waals surface area contributed by atoms with Gasteiger partial charge >= 0.3 is 6.03 Å². The molecule has 22 heavy (non-hydrogen) atoms. The summed E-state index contributed by atoms with van der Waals surface area (Å²) in [7, 11) is 0. The lowest BCUT2D eigenvalue weighted by molar-refractivity contribution is 0.251. The molecular weight excluding hydrogens is 276 g/mol. The van der Waals surface area contributed by atoms with Gasteiger partial charge in [-0.2, -0.15) is 0 Å². The van der Waals surface area contributed by atoms with Crippen LogP contribution in [-0.2, 0) is 0 Å². The third-order valence-corrected chi connectivity index (χ3v) is 4.16. The van der Waals surface area contributed by atoms with Crippen molar-refractivity contribution in [3.63, 3.8) is 0 Å².